The molecule has 0 spiro atoms. The molecule has 82 valence electrons. The number of nitrogens with one attached hydrogen (secondary N) is 2. The van der Waals surface area contributed by atoms with E-state index in [2.05, 4.69) is 10.6 Å². The Morgan fingerprint density at radius 1 is 1.33 bits per heavy atom. The molecule has 0 atom stereocenters. The van der Waals surface area contributed by atoms with E-state index in [1.807, 2.05) is 25.1 Å². The number of carbonyl (C=O) groups is 1. The highest BCUT2D eigenvalue weighted by Gasteiger charge is 1.95. The fraction of sp³-hybridized carbons (Fsp3) is 0.364. The van der Waals surface area contributed by atoms with E-state index in [4.69, 9.17) is 5.73 Å². The number of hydrogen-bond donors (Lipinski definition) is 3. The smallest absolute Gasteiger partial charge is 0.216 e. The highest BCUT2D eigenvalue weighted by molar-refractivity contribution is 5.72. The maximum atomic E-state index is 10.6. The summed E-state index contributed by atoms with van der Waals surface area (Å²) in [5.74, 6) is -0.0134. The Morgan fingerprint density at radius 2 is 2.07 bits per heavy atom. The Morgan fingerprint density at radius 3 is 2.67 bits per heavy atom. The molecule has 0 aliphatic rings. The van der Waals surface area contributed by atoms with E-state index >= 15 is 0 Å². The van der Waals surface area contributed by atoms with E-state index in [-0.39, 0.29) is 5.91 Å². The summed E-state index contributed by atoms with van der Waals surface area (Å²) in [4.78, 5) is 10.6. The van der Waals surface area contributed by atoms with Gasteiger partial charge in [0.25, 0.3) is 0 Å². The Kier molecular flexibility index (Phi) is 3.97. The van der Waals surface area contributed by atoms with Gasteiger partial charge >= 0.3 is 0 Å². The zero-order valence-corrected chi connectivity index (χ0v) is 9.13. The lowest BCUT2D eigenvalue weighted by Crippen LogP contribution is -2.26. The number of nitrogens with two attached hydrogens (primary N) is 1. The maximum absolute atomic E-state index is 10.6. The largest absolute Gasteiger partial charge is 0.399 e. The topological polar surface area (TPSA) is 67.2 Å². The van der Waals surface area contributed by atoms with Gasteiger partial charge in [-0.2, -0.15) is 0 Å². The lowest BCUT2D eigenvalue weighted by Gasteiger charge is -2.08. The number of aryl methyl sites for hydroxylation is 1. The molecule has 4 nitrogen and oxygen atoms in total. The van der Waals surface area contributed by atoms with Crippen molar-refractivity contribution >= 4 is 17.3 Å². The molecule has 0 bridgehead atoms. The molecule has 15 heavy (non-hydrogen) atoms. The zero-order chi connectivity index (χ0) is 11.3. The Hall–Kier alpha value is -1.71. The van der Waals surface area contributed by atoms with Gasteiger partial charge in [0.15, 0.2) is 0 Å². The third-order valence-electron chi connectivity index (χ3n) is 1.93. The molecule has 0 aliphatic heterocycles. The fourth-order valence-corrected chi connectivity index (χ4v) is 1.36. The van der Waals surface area contributed by atoms with Gasteiger partial charge in [-0.05, 0) is 30.7 Å². The summed E-state index contributed by atoms with van der Waals surface area (Å²) in [6.07, 6.45) is 0. The van der Waals surface area contributed by atoms with E-state index < -0.39 is 0 Å². The molecule has 1 amide bonds. The van der Waals surface area contributed by atoms with Crippen molar-refractivity contribution in [3.05, 3.63) is 23.8 Å². The predicted octanol–water partition coefficient (Wildman–Crippen LogP) is 1.13. The minimum Gasteiger partial charge on any atom is -0.399 e. The van der Waals surface area contributed by atoms with Crippen molar-refractivity contribution in [2.45, 2.75) is 13.8 Å². The van der Waals surface area contributed by atoms with Gasteiger partial charge in [0.05, 0.1) is 0 Å². The maximum Gasteiger partial charge on any atom is 0.216 e. The molecule has 0 aliphatic carbocycles. The molecule has 0 saturated heterocycles. The van der Waals surface area contributed by atoms with Crippen molar-refractivity contribution in [1.82, 2.24) is 5.32 Å². The van der Waals surface area contributed by atoms with Gasteiger partial charge in [0, 0.05) is 31.4 Å². The average Bonchev–Trinajstić information content (AvgIpc) is 2.10. The summed E-state index contributed by atoms with van der Waals surface area (Å²) in [5.41, 5.74) is 8.56. The Balaban J connectivity index is 2.40. The zero-order valence-electron chi connectivity index (χ0n) is 9.13. The first-order valence-corrected chi connectivity index (χ1v) is 4.93. The van der Waals surface area contributed by atoms with Crippen molar-refractivity contribution in [1.29, 1.82) is 0 Å². The van der Waals surface area contributed by atoms with Crippen LogP contribution in [0.4, 0.5) is 11.4 Å². The van der Waals surface area contributed by atoms with Gasteiger partial charge in [0.2, 0.25) is 5.91 Å². The quantitative estimate of drug-likeness (QED) is 0.512. The van der Waals surface area contributed by atoms with Crippen LogP contribution in [0, 0.1) is 6.92 Å². The van der Waals surface area contributed by atoms with Crippen LogP contribution in [0.25, 0.3) is 0 Å². The second kappa shape index (κ2) is 5.24. The number of rotatable bonds is 4. The van der Waals surface area contributed by atoms with Crippen molar-refractivity contribution in [3.63, 3.8) is 0 Å². The summed E-state index contributed by atoms with van der Waals surface area (Å²) >= 11 is 0. The van der Waals surface area contributed by atoms with E-state index in [0.717, 1.165) is 16.9 Å². The monoisotopic (exact) mass is 207 g/mol. The number of hydrogen-bond acceptors (Lipinski definition) is 3. The minimum atomic E-state index is -0.0134. The van der Waals surface area contributed by atoms with Crippen LogP contribution in [0.3, 0.4) is 0 Å². The number of benzene rings is 1. The van der Waals surface area contributed by atoms with Gasteiger partial charge in [0.1, 0.15) is 0 Å². The highest BCUT2D eigenvalue weighted by atomic mass is 16.1. The lowest BCUT2D eigenvalue weighted by atomic mass is 10.2. The lowest BCUT2D eigenvalue weighted by molar-refractivity contribution is -0.118. The van der Waals surface area contributed by atoms with Crippen LogP contribution in [0.1, 0.15) is 12.5 Å². The first-order chi connectivity index (χ1) is 7.08. The van der Waals surface area contributed by atoms with Crippen LogP contribution in [0.5, 0.6) is 0 Å². The third kappa shape index (κ3) is 4.35. The van der Waals surface area contributed by atoms with Crippen molar-refractivity contribution < 1.29 is 4.79 Å². The molecule has 1 rings (SSSR count). The average molecular weight is 207 g/mol. The molecule has 1 aromatic rings. The summed E-state index contributed by atoms with van der Waals surface area (Å²) in [6, 6.07) is 5.81. The fourth-order valence-electron chi connectivity index (χ4n) is 1.36. The number of amides is 1. The second-order valence-corrected chi connectivity index (χ2v) is 3.54. The summed E-state index contributed by atoms with van der Waals surface area (Å²) in [7, 11) is 0. The highest BCUT2D eigenvalue weighted by Crippen LogP contribution is 2.15. The molecule has 0 radical (unpaired) electrons. The molecule has 0 heterocycles. The van der Waals surface area contributed by atoms with Crippen molar-refractivity contribution in [3.8, 4) is 0 Å². The SMILES string of the molecule is CC(=O)NCCNc1cc(C)cc(N)c1. The third-order valence-corrected chi connectivity index (χ3v) is 1.93. The van der Waals surface area contributed by atoms with Gasteiger partial charge in [-0.3, -0.25) is 4.79 Å². The van der Waals surface area contributed by atoms with E-state index in [1.165, 1.54) is 6.92 Å². The van der Waals surface area contributed by atoms with Crippen LogP contribution >= 0.6 is 0 Å². The number of carbonyl (C=O) groups excluding carboxylic acids is 1. The van der Waals surface area contributed by atoms with E-state index in [1.54, 1.807) is 0 Å². The van der Waals surface area contributed by atoms with Crippen LogP contribution in [-0.4, -0.2) is 19.0 Å². The number of nitrogen functional groups attached to an aromatic ring is 1. The van der Waals surface area contributed by atoms with Gasteiger partial charge < -0.3 is 16.4 Å². The molecule has 0 saturated carbocycles. The molecular weight excluding hydrogens is 190 g/mol. The van der Waals surface area contributed by atoms with Gasteiger partial charge in [-0.1, -0.05) is 0 Å². The molecular formula is C11H17N3O. The van der Waals surface area contributed by atoms with Crippen LogP contribution in [-0.2, 0) is 4.79 Å². The first-order valence-electron chi connectivity index (χ1n) is 4.93. The molecule has 0 fully saturated rings. The molecule has 1 aromatic carbocycles. The molecule has 4 heteroatoms. The van der Waals surface area contributed by atoms with Gasteiger partial charge in [-0.25, -0.2) is 0 Å². The van der Waals surface area contributed by atoms with Crippen molar-refractivity contribution in [2.75, 3.05) is 24.1 Å². The predicted molar refractivity (Wildman–Crippen MR) is 62.8 cm³/mol. The first kappa shape index (κ1) is 11.4. The standard InChI is InChI=1S/C11H17N3O/c1-8-5-10(12)7-11(6-8)14-4-3-13-9(2)15/h5-7,14H,3-4,12H2,1-2H3,(H,13,15). The van der Waals surface area contributed by atoms with Gasteiger partial charge in [-0.15, -0.1) is 0 Å². The summed E-state index contributed by atoms with van der Waals surface area (Å²) < 4.78 is 0. The van der Waals surface area contributed by atoms with Crippen LogP contribution < -0.4 is 16.4 Å². The molecule has 4 N–H and O–H groups in total. The van der Waals surface area contributed by atoms with Crippen LogP contribution in [0.15, 0.2) is 18.2 Å². The van der Waals surface area contributed by atoms with E-state index in [0.29, 0.717) is 13.1 Å². The summed E-state index contributed by atoms with van der Waals surface area (Å²) in [5, 5.41) is 5.90. The normalized spacial score (nSPS) is 9.73. The van der Waals surface area contributed by atoms with Crippen LogP contribution in [0.2, 0.25) is 0 Å². The Labute approximate surface area is 89.9 Å². The molecule has 0 unspecified atom stereocenters. The Bertz CT molecular complexity index is 329. The summed E-state index contributed by atoms with van der Waals surface area (Å²) in [6.45, 7) is 4.81. The molecule has 0 aromatic heterocycles. The number of anilines is 2. The minimum absolute atomic E-state index is 0.0134. The van der Waals surface area contributed by atoms with E-state index in [9.17, 15) is 4.79 Å². The van der Waals surface area contributed by atoms with Crippen molar-refractivity contribution in [2.24, 2.45) is 0 Å². The second-order valence-electron chi connectivity index (χ2n) is 3.54.